The summed E-state index contributed by atoms with van der Waals surface area (Å²) in [6.45, 7) is 3.90. The summed E-state index contributed by atoms with van der Waals surface area (Å²) < 4.78 is 1.77. The molecule has 5 heteroatoms. The van der Waals surface area contributed by atoms with Gasteiger partial charge in [-0.25, -0.2) is 9.50 Å². The molecule has 0 aliphatic rings. The summed E-state index contributed by atoms with van der Waals surface area (Å²) in [5.74, 6) is 1.04. The first kappa shape index (κ1) is 6.21. The van der Waals surface area contributed by atoms with Crippen LogP contribution in [-0.4, -0.2) is 19.6 Å². The van der Waals surface area contributed by atoms with Gasteiger partial charge in [-0.3, -0.25) is 5.10 Å². The van der Waals surface area contributed by atoms with Crippen molar-refractivity contribution in [2.75, 3.05) is 5.73 Å². The van der Waals surface area contributed by atoms with Gasteiger partial charge >= 0.3 is 0 Å². The fraction of sp³-hybridized carbons (Fsp3) is 0.333. The number of imidazole rings is 1. The van der Waals surface area contributed by atoms with Crippen molar-refractivity contribution in [3.63, 3.8) is 0 Å². The van der Waals surface area contributed by atoms with Gasteiger partial charge in [0.05, 0.1) is 11.4 Å². The lowest BCUT2D eigenvalue weighted by Crippen LogP contribution is -1.91. The summed E-state index contributed by atoms with van der Waals surface area (Å²) in [6, 6.07) is 0. The molecule has 0 amide bonds. The molecule has 0 saturated heterocycles. The number of nitrogen functional groups attached to an aromatic ring is 1. The van der Waals surface area contributed by atoms with Gasteiger partial charge in [-0.05, 0) is 13.8 Å². The number of aromatic nitrogens is 4. The van der Waals surface area contributed by atoms with Gasteiger partial charge in [-0.2, -0.15) is 4.98 Å². The van der Waals surface area contributed by atoms with Gasteiger partial charge in [0.2, 0.25) is 5.95 Å². The number of hydrogen-bond donors (Lipinski definition) is 2. The van der Waals surface area contributed by atoms with Gasteiger partial charge in [0.15, 0.2) is 0 Å². The highest BCUT2D eigenvalue weighted by molar-refractivity contribution is 5.38. The van der Waals surface area contributed by atoms with E-state index < -0.39 is 0 Å². The number of aryl methyl sites for hydroxylation is 2. The Morgan fingerprint density at radius 2 is 2.09 bits per heavy atom. The van der Waals surface area contributed by atoms with Crippen LogP contribution in [-0.2, 0) is 0 Å². The lowest BCUT2D eigenvalue weighted by molar-refractivity contribution is 0.930. The number of rotatable bonds is 0. The molecular formula is C6H9N5. The zero-order valence-corrected chi connectivity index (χ0v) is 6.42. The van der Waals surface area contributed by atoms with Crippen molar-refractivity contribution in [3.8, 4) is 0 Å². The van der Waals surface area contributed by atoms with Crippen LogP contribution in [0.4, 0.5) is 5.95 Å². The SMILES string of the molecule is Cc1nc2nc(N)[nH]n2c1C. The van der Waals surface area contributed by atoms with Crippen LogP contribution in [0.1, 0.15) is 11.4 Å². The van der Waals surface area contributed by atoms with Crippen LogP contribution in [0.15, 0.2) is 0 Å². The number of fused-ring (bicyclic) bond motifs is 1. The number of nitrogens with two attached hydrogens (primary N) is 1. The van der Waals surface area contributed by atoms with E-state index in [1.54, 1.807) is 4.52 Å². The lowest BCUT2D eigenvalue weighted by atomic mass is 10.4. The largest absolute Gasteiger partial charge is 0.368 e. The third kappa shape index (κ3) is 0.705. The minimum absolute atomic E-state index is 0.399. The summed E-state index contributed by atoms with van der Waals surface area (Å²) >= 11 is 0. The van der Waals surface area contributed by atoms with Crippen LogP contribution < -0.4 is 5.73 Å². The van der Waals surface area contributed by atoms with Crippen molar-refractivity contribution in [2.24, 2.45) is 0 Å². The maximum Gasteiger partial charge on any atom is 0.252 e. The summed E-state index contributed by atoms with van der Waals surface area (Å²) in [4.78, 5) is 8.14. The van der Waals surface area contributed by atoms with E-state index in [1.165, 1.54) is 0 Å². The van der Waals surface area contributed by atoms with E-state index in [9.17, 15) is 0 Å². The van der Waals surface area contributed by atoms with Gasteiger partial charge < -0.3 is 5.73 Å². The van der Waals surface area contributed by atoms with Gasteiger partial charge in [-0.1, -0.05) is 0 Å². The quantitative estimate of drug-likeness (QED) is 0.567. The molecule has 0 atom stereocenters. The summed E-state index contributed by atoms with van der Waals surface area (Å²) in [7, 11) is 0. The molecule has 2 heterocycles. The predicted molar refractivity (Wildman–Crippen MR) is 41.2 cm³/mol. The average Bonchev–Trinajstić information content (AvgIpc) is 2.37. The van der Waals surface area contributed by atoms with Crippen molar-refractivity contribution in [1.82, 2.24) is 19.6 Å². The molecule has 0 aromatic carbocycles. The van der Waals surface area contributed by atoms with E-state index in [1.807, 2.05) is 13.8 Å². The van der Waals surface area contributed by atoms with Crippen LogP contribution in [0.2, 0.25) is 0 Å². The summed E-state index contributed by atoms with van der Waals surface area (Å²) in [5, 5.41) is 2.87. The fourth-order valence-electron chi connectivity index (χ4n) is 1.05. The first-order valence-corrected chi connectivity index (χ1v) is 3.35. The van der Waals surface area contributed by atoms with Crippen LogP contribution in [0.25, 0.3) is 5.78 Å². The Hall–Kier alpha value is -1.52. The highest BCUT2D eigenvalue weighted by Gasteiger charge is 2.06. The molecular weight excluding hydrogens is 142 g/mol. The van der Waals surface area contributed by atoms with Crippen LogP contribution in [0, 0.1) is 13.8 Å². The van der Waals surface area contributed by atoms with Crippen LogP contribution >= 0.6 is 0 Å². The molecule has 0 fully saturated rings. The third-order valence-corrected chi connectivity index (χ3v) is 1.77. The lowest BCUT2D eigenvalue weighted by Gasteiger charge is -1.87. The molecule has 5 nitrogen and oxygen atoms in total. The molecule has 0 saturated carbocycles. The van der Waals surface area contributed by atoms with E-state index in [0.717, 1.165) is 11.4 Å². The monoisotopic (exact) mass is 151 g/mol. The molecule has 2 aromatic heterocycles. The van der Waals surface area contributed by atoms with Gasteiger partial charge in [0.1, 0.15) is 0 Å². The first-order valence-electron chi connectivity index (χ1n) is 3.35. The van der Waals surface area contributed by atoms with E-state index in [0.29, 0.717) is 11.7 Å². The normalized spacial score (nSPS) is 11.1. The second-order valence-electron chi connectivity index (χ2n) is 2.53. The molecule has 3 N–H and O–H groups in total. The number of H-pyrrole nitrogens is 1. The number of nitrogens with one attached hydrogen (secondary N) is 1. The molecule has 2 aromatic rings. The Bertz CT molecular complexity index is 396. The van der Waals surface area contributed by atoms with Gasteiger partial charge in [0, 0.05) is 0 Å². The van der Waals surface area contributed by atoms with Gasteiger partial charge in [0.25, 0.3) is 5.78 Å². The van der Waals surface area contributed by atoms with E-state index in [-0.39, 0.29) is 0 Å². The number of nitrogens with zero attached hydrogens (tertiary/aromatic N) is 3. The highest BCUT2D eigenvalue weighted by atomic mass is 15.4. The van der Waals surface area contributed by atoms with Crippen LogP contribution in [0.3, 0.4) is 0 Å². The zero-order chi connectivity index (χ0) is 8.01. The molecule has 0 unspecified atom stereocenters. The molecule has 2 rings (SSSR count). The van der Waals surface area contributed by atoms with Gasteiger partial charge in [-0.15, -0.1) is 0 Å². The van der Waals surface area contributed by atoms with Crippen molar-refractivity contribution in [3.05, 3.63) is 11.4 Å². The standard InChI is InChI=1S/C6H9N5/c1-3-4(2)11-6(8-3)9-5(7)10-11/h1-2H3,(H3,7,8,9,10). The number of anilines is 1. The minimum Gasteiger partial charge on any atom is -0.368 e. The van der Waals surface area contributed by atoms with Crippen LogP contribution in [0.5, 0.6) is 0 Å². The smallest absolute Gasteiger partial charge is 0.252 e. The molecule has 0 radical (unpaired) electrons. The second-order valence-corrected chi connectivity index (χ2v) is 2.53. The molecule has 0 aliphatic heterocycles. The Kier molecular flexibility index (Phi) is 0.986. The Labute approximate surface area is 63.2 Å². The number of hydrogen-bond acceptors (Lipinski definition) is 3. The van der Waals surface area contributed by atoms with Crippen molar-refractivity contribution >= 4 is 11.7 Å². The number of aromatic amines is 1. The maximum absolute atomic E-state index is 5.43. The highest BCUT2D eigenvalue weighted by Crippen LogP contribution is 2.08. The maximum atomic E-state index is 5.43. The topological polar surface area (TPSA) is 72.0 Å². The molecule has 0 spiro atoms. The van der Waals surface area contributed by atoms with Crippen molar-refractivity contribution in [1.29, 1.82) is 0 Å². The Balaban J connectivity index is 2.88. The predicted octanol–water partition coefficient (Wildman–Crippen LogP) is 0.256. The van der Waals surface area contributed by atoms with E-state index in [2.05, 4.69) is 15.1 Å². The fourth-order valence-corrected chi connectivity index (χ4v) is 1.05. The third-order valence-electron chi connectivity index (χ3n) is 1.77. The average molecular weight is 151 g/mol. The summed E-state index contributed by atoms with van der Waals surface area (Å²) in [5.41, 5.74) is 7.45. The van der Waals surface area contributed by atoms with E-state index >= 15 is 0 Å². The zero-order valence-electron chi connectivity index (χ0n) is 6.42. The molecule has 11 heavy (non-hydrogen) atoms. The molecule has 58 valence electrons. The summed E-state index contributed by atoms with van der Waals surface area (Å²) in [6.07, 6.45) is 0. The molecule has 0 aliphatic carbocycles. The van der Waals surface area contributed by atoms with E-state index in [4.69, 9.17) is 5.73 Å². The first-order chi connectivity index (χ1) is 5.18. The Morgan fingerprint density at radius 1 is 1.36 bits per heavy atom. The Morgan fingerprint density at radius 3 is 2.73 bits per heavy atom. The van der Waals surface area contributed by atoms with Crippen molar-refractivity contribution < 1.29 is 0 Å². The molecule has 0 bridgehead atoms. The van der Waals surface area contributed by atoms with Crippen molar-refractivity contribution in [2.45, 2.75) is 13.8 Å². The minimum atomic E-state index is 0.399. The second kappa shape index (κ2) is 1.75.